The number of hydrogen-bond acceptors (Lipinski definition) is 3. The van der Waals surface area contributed by atoms with Gasteiger partial charge in [-0.2, -0.15) is 0 Å². The van der Waals surface area contributed by atoms with Crippen LogP contribution in [-0.2, 0) is 0 Å². The number of anilines is 1. The molecule has 0 aliphatic carbocycles. The van der Waals surface area contributed by atoms with Gasteiger partial charge in [-0.1, -0.05) is 6.92 Å². The maximum Gasteiger partial charge on any atom is 0.162 e. The van der Waals surface area contributed by atoms with Gasteiger partial charge in [0.05, 0.1) is 0 Å². The third kappa shape index (κ3) is 2.88. The number of rotatable bonds is 4. The summed E-state index contributed by atoms with van der Waals surface area (Å²) in [5, 5.41) is 3.64. The van der Waals surface area contributed by atoms with E-state index in [2.05, 4.69) is 10.2 Å². The minimum Gasteiger partial charge on any atom is -0.382 e. The Hall–Kier alpha value is -1.35. The maximum absolute atomic E-state index is 11.6. The fourth-order valence-corrected chi connectivity index (χ4v) is 3.55. The standard InChI is InChI=1S/C17H24N2O/c1-2-17(20)13-5-7-14(8-6-13)18-15-9-11-19-10-3-4-16(19)12-15/h5-8,15-16,18H,2-4,9-12H2,1H3. The Morgan fingerprint density at radius 3 is 2.80 bits per heavy atom. The molecule has 2 aliphatic heterocycles. The molecule has 0 saturated carbocycles. The summed E-state index contributed by atoms with van der Waals surface area (Å²) in [6, 6.07) is 9.36. The van der Waals surface area contributed by atoms with Gasteiger partial charge in [-0.3, -0.25) is 4.79 Å². The van der Waals surface area contributed by atoms with E-state index < -0.39 is 0 Å². The van der Waals surface area contributed by atoms with Crippen molar-refractivity contribution < 1.29 is 4.79 Å². The summed E-state index contributed by atoms with van der Waals surface area (Å²) in [6.07, 6.45) is 5.79. The molecule has 2 fully saturated rings. The van der Waals surface area contributed by atoms with Crippen LogP contribution in [0.2, 0.25) is 0 Å². The zero-order valence-electron chi connectivity index (χ0n) is 12.3. The maximum atomic E-state index is 11.6. The lowest BCUT2D eigenvalue weighted by Crippen LogP contribution is -2.42. The van der Waals surface area contributed by atoms with Gasteiger partial charge < -0.3 is 10.2 Å². The van der Waals surface area contributed by atoms with E-state index >= 15 is 0 Å². The minimum absolute atomic E-state index is 0.218. The normalized spacial score (nSPS) is 26.2. The van der Waals surface area contributed by atoms with E-state index in [0.717, 1.165) is 17.3 Å². The number of ketones is 1. The third-order valence-corrected chi connectivity index (χ3v) is 4.72. The largest absolute Gasteiger partial charge is 0.382 e. The van der Waals surface area contributed by atoms with E-state index in [1.165, 1.54) is 38.8 Å². The fourth-order valence-electron chi connectivity index (χ4n) is 3.55. The van der Waals surface area contributed by atoms with Gasteiger partial charge in [0.25, 0.3) is 0 Å². The predicted molar refractivity (Wildman–Crippen MR) is 82.3 cm³/mol. The summed E-state index contributed by atoms with van der Waals surface area (Å²) in [4.78, 5) is 14.3. The lowest BCUT2D eigenvalue weighted by molar-refractivity contribution is 0.0988. The van der Waals surface area contributed by atoms with Crippen LogP contribution in [0.25, 0.3) is 0 Å². The van der Waals surface area contributed by atoms with E-state index in [4.69, 9.17) is 0 Å². The van der Waals surface area contributed by atoms with E-state index in [9.17, 15) is 4.79 Å². The molecule has 2 saturated heterocycles. The molecule has 0 bridgehead atoms. The van der Waals surface area contributed by atoms with Gasteiger partial charge in [0.1, 0.15) is 0 Å². The van der Waals surface area contributed by atoms with Crippen LogP contribution in [0.1, 0.15) is 49.4 Å². The van der Waals surface area contributed by atoms with Crippen molar-refractivity contribution in [2.75, 3.05) is 18.4 Å². The molecule has 0 radical (unpaired) electrons. The van der Waals surface area contributed by atoms with Crippen LogP contribution < -0.4 is 5.32 Å². The Bertz CT molecular complexity index is 468. The highest BCUT2D eigenvalue weighted by atomic mass is 16.1. The third-order valence-electron chi connectivity index (χ3n) is 4.72. The number of benzene rings is 1. The van der Waals surface area contributed by atoms with Gasteiger partial charge in [0.2, 0.25) is 0 Å². The predicted octanol–water partition coefficient (Wildman–Crippen LogP) is 3.32. The summed E-state index contributed by atoms with van der Waals surface area (Å²) in [5.41, 5.74) is 1.97. The van der Waals surface area contributed by atoms with Crippen molar-refractivity contribution in [2.45, 2.75) is 51.1 Å². The second-order valence-corrected chi connectivity index (χ2v) is 6.05. The molecule has 3 nitrogen and oxygen atoms in total. The molecule has 20 heavy (non-hydrogen) atoms. The van der Waals surface area contributed by atoms with Crippen molar-refractivity contribution in [3.8, 4) is 0 Å². The lowest BCUT2D eigenvalue weighted by Gasteiger charge is -2.35. The first-order chi connectivity index (χ1) is 9.76. The number of nitrogens with one attached hydrogen (secondary N) is 1. The van der Waals surface area contributed by atoms with E-state index in [1.807, 2.05) is 31.2 Å². The van der Waals surface area contributed by atoms with Gasteiger partial charge in [-0.25, -0.2) is 0 Å². The molecule has 0 aromatic heterocycles. The molecule has 2 heterocycles. The monoisotopic (exact) mass is 272 g/mol. The second kappa shape index (κ2) is 5.96. The van der Waals surface area contributed by atoms with Crippen LogP contribution in [-0.4, -0.2) is 35.9 Å². The Morgan fingerprint density at radius 2 is 2.05 bits per heavy atom. The molecular weight excluding hydrogens is 248 g/mol. The number of nitrogens with zero attached hydrogens (tertiary/aromatic N) is 1. The van der Waals surface area contributed by atoms with Gasteiger partial charge in [-0.05, 0) is 56.5 Å². The summed E-state index contributed by atoms with van der Waals surface area (Å²) >= 11 is 0. The van der Waals surface area contributed by atoms with E-state index in [1.54, 1.807) is 0 Å². The zero-order chi connectivity index (χ0) is 13.9. The van der Waals surface area contributed by atoms with E-state index in [-0.39, 0.29) is 5.78 Å². The smallest absolute Gasteiger partial charge is 0.162 e. The highest BCUT2D eigenvalue weighted by Gasteiger charge is 2.31. The first-order valence-electron chi connectivity index (χ1n) is 7.90. The van der Waals surface area contributed by atoms with Crippen LogP contribution in [0.3, 0.4) is 0 Å². The van der Waals surface area contributed by atoms with Crippen LogP contribution in [0.15, 0.2) is 24.3 Å². The molecular formula is C17H24N2O. The molecule has 1 aromatic carbocycles. The molecule has 108 valence electrons. The molecule has 3 rings (SSSR count). The SMILES string of the molecule is CCC(=O)c1ccc(NC2CCN3CCCC3C2)cc1. The number of fused-ring (bicyclic) bond motifs is 1. The number of carbonyl (C=O) groups is 1. The molecule has 2 unspecified atom stereocenters. The second-order valence-electron chi connectivity index (χ2n) is 6.05. The Kier molecular flexibility index (Phi) is 4.06. The summed E-state index contributed by atoms with van der Waals surface area (Å²) in [7, 11) is 0. The van der Waals surface area contributed by atoms with Crippen LogP contribution >= 0.6 is 0 Å². The van der Waals surface area contributed by atoms with Crippen LogP contribution in [0.5, 0.6) is 0 Å². The molecule has 0 amide bonds. The number of hydrogen-bond donors (Lipinski definition) is 1. The van der Waals surface area contributed by atoms with Crippen LogP contribution in [0, 0.1) is 0 Å². The molecule has 0 spiro atoms. The summed E-state index contributed by atoms with van der Waals surface area (Å²) in [5.74, 6) is 0.218. The summed E-state index contributed by atoms with van der Waals surface area (Å²) in [6.45, 7) is 4.43. The van der Waals surface area contributed by atoms with E-state index in [0.29, 0.717) is 12.5 Å². The van der Waals surface area contributed by atoms with Crippen molar-refractivity contribution in [3.05, 3.63) is 29.8 Å². The molecule has 1 N–H and O–H groups in total. The average molecular weight is 272 g/mol. The Labute approximate surface area is 121 Å². The first-order valence-corrected chi connectivity index (χ1v) is 7.90. The zero-order valence-corrected chi connectivity index (χ0v) is 12.3. The Balaban J connectivity index is 1.59. The van der Waals surface area contributed by atoms with Crippen molar-refractivity contribution in [2.24, 2.45) is 0 Å². The number of Topliss-reactive ketones (excluding diaryl/α,β-unsaturated/α-hetero) is 1. The first kappa shape index (κ1) is 13.6. The highest BCUT2D eigenvalue weighted by Crippen LogP contribution is 2.28. The molecule has 2 atom stereocenters. The molecule has 1 aromatic rings. The summed E-state index contributed by atoms with van der Waals surface area (Å²) < 4.78 is 0. The molecule has 3 heteroatoms. The van der Waals surface area contributed by atoms with Gasteiger partial charge in [-0.15, -0.1) is 0 Å². The minimum atomic E-state index is 0.218. The van der Waals surface area contributed by atoms with Gasteiger partial charge in [0, 0.05) is 36.3 Å². The highest BCUT2D eigenvalue weighted by molar-refractivity contribution is 5.96. The topological polar surface area (TPSA) is 32.3 Å². The van der Waals surface area contributed by atoms with Crippen LogP contribution in [0.4, 0.5) is 5.69 Å². The van der Waals surface area contributed by atoms with Crippen molar-refractivity contribution >= 4 is 11.5 Å². The van der Waals surface area contributed by atoms with Crippen molar-refractivity contribution in [1.29, 1.82) is 0 Å². The van der Waals surface area contributed by atoms with Gasteiger partial charge >= 0.3 is 0 Å². The van der Waals surface area contributed by atoms with Crippen molar-refractivity contribution in [1.82, 2.24) is 4.90 Å². The Morgan fingerprint density at radius 1 is 1.25 bits per heavy atom. The lowest BCUT2D eigenvalue weighted by atomic mass is 9.97. The molecule has 2 aliphatic rings. The fraction of sp³-hybridized carbons (Fsp3) is 0.588. The van der Waals surface area contributed by atoms with Gasteiger partial charge in [0.15, 0.2) is 5.78 Å². The average Bonchev–Trinajstić information content (AvgIpc) is 2.95. The quantitative estimate of drug-likeness (QED) is 0.853. The number of carbonyl (C=O) groups excluding carboxylic acids is 1. The van der Waals surface area contributed by atoms with Crippen molar-refractivity contribution in [3.63, 3.8) is 0 Å². The number of piperidine rings is 1.